The molecule has 2 aromatic rings. The van der Waals surface area contributed by atoms with Gasteiger partial charge in [0, 0.05) is 15.2 Å². The number of rotatable bonds is 3. The van der Waals surface area contributed by atoms with Gasteiger partial charge in [0.1, 0.15) is 5.75 Å². The highest BCUT2D eigenvalue weighted by Crippen LogP contribution is 2.50. The third-order valence-corrected chi connectivity index (χ3v) is 5.55. The fourth-order valence-corrected chi connectivity index (χ4v) is 4.35. The lowest BCUT2D eigenvalue weighted by Gasteiger charge is -2.37. The van der Waals surface area contributed by atoms with E-state index in [1.54, 1.807) is 0 Å². The molecule has 0 spiro atoms. The van der Waals surface area contributed by atoms with Crippen LogP contribution in [0, 0.1) is 9.49 Å². The van der Waals surface area contributed by atoms with Gasteiger partial charge in [-0.05, 0) is 83.3 Å². The molecule has 3 atom stereocenters. The second kappa shape index (κ2) is 6.19. The molecule has 1 aliphatic carbocycles. The lowest BCUT2D eigenvalue weighted by Crippen LogP contribution is -2.29. The van der Waals surface area contributed by atoms with Gasteiger partial charge in [-0.15, -0.1) is 0 Å². The first-order valence-corrected chi connectivity index (χ1v) is 9.29. The number of halogens is 1. The van der Waals surface area contributed by atoms with Crippen molar-refractivity contribution in [2.75, 3.05) is 11.9 Å². The molecule has 2 nitrogen and oxygen atoms in total. The van der Waals surface area contributed by atoms with E-state index in [0.29, 0.717) is 24.5 Å². The maximum absolute atomic E-state index is 5.57. The average molecular weight is 417 g/mol. The highest BCUT2D eigenvalue weighted by atomic mass is 127. The Labute approximate surface area is 151 Å². The predicted molar refractivity (Wildman–Crippen MR) is 103 cm³/mol. The van der Waals surface area contributed by atoms with Crippen LogP contribution < -0.4 is 10.1 Å². The summed E-state index contributed by atoms with van der Waals surface area (Å²) < 4.78 is 6.88. The molecule has 1 N–H and O–H groups in total. The van der Waals surface area contributed by atoms with E-state index in [0.717, 1.165) is 12.2 Å². The summed E-state index contributed by atoms with van der Waals surface area (Å²) in [5, 5.41) is 3.78. The minimum Gasteiger partial charge on any atom is -0.494 e. The van der Waals surface area contributed by atoms with Crippen molar-refractivity contribution in [2.24, 2.45) is 5.92 Å². The van der Waals surface area contributed by atoms with Crippen LogP contribution in [0.2, 0.25) is 0 Å². The van der Waals surface area contributed by atoms with Crippen molar-refractivity contribution in [3.63, 3.8) is 0 Å². The van der Waals surface area contributed by atoms with Crippen LogP contribution >= 0.6 is 22.6 Å². The van der Waals surface area contributed by atoms with Crippen LogP contribution in [0.5, 0.6) is 5.75 Å². The Morgan fingerprint density at radius 1 is 1.17 bits per heavy atom. The zero-order chi connectivity index (χ0) is 15.8. The van der Waals surface area contributed by atoms with Crippen LogP contribution in [0.4, 0.5) is 5.69 Å². The molecule has 0 unspecified atom stereocenters. The molecule has 0 saturated carbocycles. The molecule has 2 aromatic carbocycles. The number of hydrogen-bond acceptors (Lipinski definition) is 2. The molecule has 4 rings (SSSR count). The van der Waals surface area contributed by atoms with Gasteiger partial charge in [-0.1, -0.05) is 24.3 Å². The molecular formula is C20H20INO. The van der Waals surface area contributed by atoms with Crippen LogP contribution in [-0.4, -0.2) is 6.61 Å². The topological polar surface area (TPSA) is 21.3 Å². The van der Waals surface area contributed by atoms with E-state index >= 15 is 0 Å². The van der Waals surface area contributed by atoms with Crippen molar-refractivity contribution >= 4 is 28.3 Å². The maximum atomic E-state index is 5.57. The van der Waals surface area contributed by atoms with Crippen molar-refractivity contribution in [3.05, 3.63) is 69.3 Å². The minimum atomic E-state index is 0.359. The summed E-state index contributed by atoms with van der Waals surface area (Å²) in [7, 11) is 0. The molecule has 0 amide bonds. The highest BCUT2D eigenvalue weighted by molar-refractivity contribution is 14.1. The van der Waals surface area contributed by atoms with Gasteiger partial charge >= 0.3 is 0 Å². The third-order valence-electron chi connectivity index (χ3n) is 4.88. The molecule has 2 aliphatic rings. The second-order valence-electron chi connectivity index (χ2n) is 6.21. The number of anilines is 1. The minimum absolute atomic E-state index is 0.359. The number of benzene rings is 2. The number of allylic oxidation sites excluding steroid dienone is 2. The number of hydrogen-bond donors (Lipinski definition) is 1. The van der Waals surface area contributed by atoms with E-state index < -0.39 is 0 Å². The van der Waals surface area contributed by atoms with Gasteiger partial charge in [-0.2, -0.15) is 0 Å². The van der Waals surface area contributed by atoms with E-state index in [4.69, 9.17) is 4.74 Å². The van der Waals surface area contributed by atoms with E-state index in [1.165, 1.54) is 20.4 Å². The number of nitrogens with one attached hydrogen (secondary N) is 1. The van der Waals surface area contributed by atoms with Gasteiger partial charge in [-0.25, -0.2) is 0 Å². The van der Waals surface area contributed by atoms with Crippen LogP contribution in [-0.2, 0) is 0 Å². The average Bonchev–Trinajstić information content (AvgIpc) is 3.05. The molecule has 1 heterocycles. The Hall–Kier alpha value is -1.49. The third kappa shape index (κ3) is 2.75. The van der Waals surface area contributed by atoms with Gasteiger partial charge in [0.15, 0.2) is 0 Å². The Balaban J connectivity index is 1.69. The van der Waals surface area contributed by atoms with Gasteiger partial charge in [0.25, 0.3) is 0 Å². The maximum Gasteiger partial charge on any atom is 0.119 e. The highest BCUT2D eigenvalue weighted by Gasteiger charge is 2.37. The number of ether oxygens (including phenoxy) is 1. The largest absolute Gasteiger partial charge is 0.494 e. The van der Waals surface area contributed by atoms with E-state index in [9.17, 15) is 0 Å². The summed E-state index contributed by atoms with van der Waals surface area (Å²) in [6, 6.07) is 15.7. The monoisotopic (exact) mass is 417 g/mol. The molecule has 0 saturated heterocycles. The molecule has 0 bridgehead atoms. The van der Waals surface area contributed by atoms with Gasteiger partial charge in [0.2, 0.25) is 0 Å². The van der Waals surface area contributed by atoms with Crippen LogP contribution in [0.25, 0.3) is 0 Å². The van der Waals surface area contributed by atoms with Crippen LogP contribution in [0.15, 0.2) is 54.6 Å². The summed E-state index contributed by atoms with van der Waals surface area (Å²) in [4.78, 5) is 0. The number of fused-ring (bicyclic) bond motifs is 3. The van der Waals surface area contributed by atoms with E-state index in [1.807, 2.05) is 6.92 Å². The van der Waals surface area contributed by atoms with Crippen molar-refractivity contribution in [1.29, 1.82) is 0 Å². The fraction of sp³-hybridized carbons (Fsp3) is 0.300. The smallest absolute Gasteiger partial charge is 0.119 e. The molecule has 1 aliphatic heterocycles. The summed E-state index contributed by atoms with van der Waals surface area (Å²) in [6.07, 6.45) is 5.87. The standard InChI is InChI=1S/C20H20INO/c1-2-23-15-9-6-13(7-10-15)20-17-5-3-4-16(17)18-12-14(21)8-11-19(18)22-20/h3-4,6-12,16-17,20,22H,2,5H2,1H3/t16-,17+,20+/m1/s1. The van der Waals surface area contributed by atoms with Gasteiger partial charge in [0.05, 0.1) is 12.6 Å². The Morgan fingerprint density at radius 2 is 2.00 bits per heavy atom. The summed E-state index contributed by atoms with van der Waals surface area (Å²) in [5.74, 6) is 2.07. The Kier molecular flexibility index (Phi) is 4.05. The summed E-state index contributed by atoms with van der Waals surface area (Å²) in [5.41, 5.74) is 4.06. The lowest BCUT2D eigenvalue weighted by atomic mass is 9.77. The molecule has 0 radical (unpaired) electrons. The Morgan fingerprint density at radius 3 is 2.78 bits per heavy atom. The van der Waals surface area contributed by atoms with Crippen molar-refractivity contribution in [2.45, 2.75) is 25.3 Å². The first kappa shape index (κ1) is 15.1. The molecular weight excluding hydrogens is 397 g/mol. The molecule has 0 aromatic heterocycles. The van der Waals surface area contributed by atoms with E-state index in [-0.39, 0.29) is 0 Å². The van der Waals surface area contributed by atoms with Crippen molar-refractivity contribution in [3.8, 4) is 5.75 Å². The molecule has 23 heavy (non-hydrogen) atoms. The zero-order valence-electron chi connectivity index (χ0n) is 13.1. The predicted octanol–water partition coefficient (Wildman–Crippen LogP) is 5.52. The quantitative estimate of drug-likeness (QED) is 0.525. The summed E-state index contributed by atoms with van der Waals surface area (Å²) in [6.45, 7) is 2.73. The first-order valence-electron chi connectivity index (χ1n) is 8.21. The molecule has 3 heteroatoms. The Bertz CT molecular complexity index is 738. The van der Waals surface area contributed by atoms with Crippen LogP contribution in [0.1, 0.15) is 36.4 Å². The SMILES string of the molecule is CCOc1ccc([C@@H]2Nc3ccc(I)cc3[C@@H]3C=CC[C@@H]32)cc1. The summed E-state index contributed by atoms with van der Waals surface area (Å²) >= 11 is 2.40. The van der Waals surface area contributed by atoms with E-state index in [2.05, 4.69) is 82.5 Å². The molecule has 0 fully saturated rings. The molecule has 118 valence electrons. The van der Waals surface area contributed by atoms with Crippen molar-refractivity contribution < 1.29 is 4.74 Å². The van der Waals surface area contributed by atoms with Gasteiger partial charge in [-0.3, -0.25) is 0 Å². The second-order valence-corrected chi connectivity index (χ2v) is 7.45. The fourth-order valence-electron chi connectivity index (χ4n) is 3.83. The normalized spacial score (nSPS) is 24.7. The zero-order valence-corrected chi connectivity index (χ0v) is 15.3. The first-order chi connectivity index (χ1) is 11.3. The van der Waals surface area contributed by atoms with Crippen molar-refractivity contribution in [1.82, 2.24) is 0 Å². The van der Waals surface area contributed by atoms with Crippen LogP contribution in [0.3, 0.4) is 0 Å². The van der Waals surface area contributed by atoms with Gasteiger partial charge < -0.3 is 10.1 Å². The lowest BCUT2D eigenvalue weighted by molar-refractivity contribution is 0.340.